The fourth-order valence-corrected chi connectivity index (χ4v) is 3.69. The van der Waals surface area contributed by atoms with E-state index in [0.29, 0.717) is 5.69 Å². The molecule has 2 aromatic heterocycles. The van der Waals surface area contributed by atoms with Gasteiger partial charge in [0.1, 0.15) is 5.82 Å². The number of nitrogens with one attached hydrogen (secondary N) is 1. The van der Waals surface area contributed by atoms with Crippen LogP contribution in [-0.4, -0.2) is 14.5 Å². The van der Waals surface area contributed by atoms with Crippen LogP contribution in [0.1, 0.15) is 16.8 Å². The third kappa shape index (κ3) is 3.61. The molecule has 2 heterocycles. The first-order valence-corrected chi connectivity index (χ1v) is 9.48. The molecule has 1 N–H and O–H groups in total. The van der Waals surface area contributed by atoms with Gasteiger partial charge in [-0.15, -0.1) is 11.3 Å². The second-order valence-electron chi connectivity index (χ2n) is 6.57. The molecule has 0 aliphatic carbocycles. The molecular weight excluding hydrogens is 359 g/mol. The lowest BCUT2D eigenvalue weighted by atomic mass is 10.1. The molecule has 0 saturated carbocycles. The summed E-state index contributed by atoms with van der Waals surface area (Å²) in [5.74, 6) is -0.304. The zero-order valence-corrected chi connectivity index (χ0v) is 16.1. The number of thiazole rings is 1. The van der Waals surface area contributed by atoms with Crippen molar-refractivity contribution in [3.8, 4) is 16.9 Å². The fourth-order valence-electron chi connectivity index (χ4n) is 2.96. The van der Waals surface area contributed by atoms with E-state index in [2.05, 4.69) is 41.3 Å². The molecule has 0 radical (unpaired) electrons. The van der Waals surface area contributed by atoms with E-state index >= 15 is 0 Å². The molecule has 0 aliphatic heterocycles. The van der Waals surface area contributed by atoms with Gasteiger partial charge in [0.25, 0.3) is 0 Å². The van der Waals surface area contributed by atoms with Crippen molar-refractivity contribution in [1.29, 1.82) is 0 Å². The van der Waals surface area contributed by atoms with E-state index in [9.17, 15) is 4.39 Å². The number of benzene rings is 2. The van der Waals surface area contributed by atoms with Gasteiger partial charge < -0.3 is 9.88 Å². The van der Waals surface area contributed by atoms with Gasteiger partial charge in [0, 0.05) is 22.8 Å². The van der Waals surface area contributed by atoms with E-state index in [0.717, 1.165) is 33.3 Å². The second-order valence-corrected chi connectivity index (χ2v) is 7.43. The van der Waals surface area contributed by atoms with Crippen LogP contribution < -0.4 is 5.32 Å². The van der Waals surface area contributed by atoms with Crippen LogP contribution in [0.15, 0.2) is 54.3 Å². The highest BCUT2D eigenvalue weighted by molar-refractivity contribution is 7.14. The van der Waals surface area contributed by atoms with Gasteiger partial charge in [-0.25, -0.2) is 14.4 Å². The first-order valence-electron chi connectivity index (χ1n) is 8.60. The number of aryl methyl sites for hydroxylation is 3. The number of nitrogens with zero attached hydrogens (tertiary/aromatic N) is 3. The maximum atomic E-state index is 14.6. The van der Waals surface area contributed by atoms with Crippen LogP contribution in [0.25, 0.3) is 16.9 Å². The average Bonchev–Trinajstić information content (AvgIpc) is 3.26. The molecule has 4 nitrogen and oxygen atoms in total. The summed E-state index contributed by atoms with van der Waals surface area (Å²) in [4.78, 5) is 8.76. The van der Waals surface area contributed by atoms with Crippen LogP contribution in [-0.2, 0) is 0 Å². The summed E-state index contributed by atoms with van der Waals surface area (Å²) >= 11 is 1.50. The molecule has 27 heavy (non-hydrogen) atoms. The summed E-state index contributed by atoms with van der Waals surface area (Å²) in [6.45, 7) is 6.01. The van der Waals surface area contributed by atoms with E-state index < -0.39 is 0 Å². The van der Waals surface area contributed by atoms with Crippen molar-refractivity contribution in [2.75, 3.05) is 5.32 Å². The van der Waals surface area contributed by atoms with Crippen molar-refractivity contribution < 1.29 is 4.39 Å². The maximum Gasteiger partial charge on any atom is 0.187 e. The molecule has 4 aromatic rings. The van der Waals surface area contributed by atoms with Gasteiger partial charge in [-0.05, 0) is 44.5 Å². The highest BCUT2D eigenvalue weighted by Gasteiger charge is 2.11. The minimum absolute atomic E-state index is 0.304. The number of aromatic nitrogens is 3. The van der Waals surface area contributed by atoms with Crippen LogP contribution in [0, 0.1) is 26.6 Å². The normalized spacial score (nSPS) is 11.0. The Morgan fingerprint density at radius 1 is 1.07 bits per heavy atom. The molecule has 0 amide bonds. The Kier molecular flexibility index (Phi) is 4.49. The molecule has 2 aromatic carbocycles. The Morgan fingerprint density at radius 2 is 1.93 bits per heavy atom. The summed E-state index contributed by atoms with van der Waals surface area (Å²) in [5.41, 5.74) is 6.23. The molecule has 6 heteroatoms. The van der Waals surface area contributed by atoms with Gasteiger partial charge in [0.2, 0.25) is 0 Å². The lowest BCUT2D eigenvalue weighted by Gasteiger charge is -2.07. The molecule has 0 bridgehead atoms. The van der Waals surface area contributed by atoms with Crippen LogP contribution in [0.3, 0.4) is 0 Å². The Hall–Kier alpha value is -2.99. The van der Waals surface area contributed by atoms with E-state index in [1.165, 1.54) is 23.0 Å². The summed E-state index contributed by atoms with van der Waals surface area (Å²) in [6, 6.07) is 11.4. The van der Waals surface area contributed by atoms with Crippen molar-refractivity contribution in [3.63, 3.8) is 0 Å². The van der Waals surface area contributed by atoms with Crippen molar-refractivity contribution >= 4 is 22.2 Å². The number of rotatable bonds is 4. The monoisotopic (exact) mass is 378 g/mol. The minimum atomic E-state index is -0.304. The van der Waals surface area contributed by atoms with Crippen molar-refractivity contribution in [2.45, 2.75) is 20.8 Å². The Bertz CT molecular complexity index is 1110. The zero-order chi connectivity index (χ0) is 19.0. The van der Waals surface area contributed by atoms with Crippen molar-refractivity contribution in [2.24, 2.45) is 0 Å². The van der Waals surface area contributed by atoms with Gasteiger partial charge in [0.15, 0.2) is 5.13 Å². The van der Waals surface area contributed by atoms with E-state index in [1.54, 1.807) is 23.2 Å². The van der Waals surface area contributed by atoms with Crippen LogP contribution in [0.2, 0.25) is 0 Å². The average molecular weight is 378 g/mol. The molecule has 0 aliphatic rings. The van der Waals surface area contributed by atoms with E-state index in [4.69, 9.17) is 0 Å². The largest absolute Gasteiger partial charge is 0.331 e. The first-order chi connectivity index (χ1) is 13.0. The smallest absolute Gasteiger partial charge is 0.187 e. The summed E-state index contributed by atoms with van der Waals surface area (Å²) in [5, 5.41) is 6.06. The predicted octanol–water partition coefficient (Wildman–Crippen LogP) is 5.80. The Labute approximate surface area is 161 Å². The van der Waals surface area contributed by atoms with Gasteiger partial charge in [-0.3, -0.25) is 0 Å². The summed E-state index contributed by atoms with van der Waals surface area (Å²) < 4.78 is 16.3. The standard InChI is InChI=1S/C21H19FN4S/c1-13-4-6-18(14(2)8-13)24-21-25-19(11-27-21)16-5-7-20(17(22)9-16)26-10-15(3)23-12-26/h4-12H,1-3H3,(H,24,25). The molecule has 4 rings (SSSR count). The molecular formula is C21H19FN4S. The number of halogens is 1. The van der Waals surface area contributed by atoms with Crippen LogP contribution in [0.4, 0.5) is 15.2 Å². The SMILES string of the molecule is Cc1ccc(Nc2nc(-c3ccc(-n4cnc(C)c4)c(F)c3)cs2)c(C)c1. The predicted molar refractivity (Wildman–Crippen MR) is 109 cm³/mol. The van der Waals surface area contributed by atoms with Crippen LogP contribution >= 0.6 is 11.3 Å². The first kappa shape index (κ1) is 17.4. The van der Waals surface area contributed by atoms with E-state index in [-0.39, 0.29) is 5.82 Å². The summed E-state index contributed by atoms with van der Waals surface area (Å²) in [7, 11) is 0. The van der Waals surface area contributed by atoms with E-state index in [1.807, 2.05) is 24.4 Å². The highest BCUT2D eigenvalue weighted by Crippen LogP contribution is 2.30. The topological polar surface area (TPSA) is 42.7 Å². The molecule has 0 saturated heterocycles. The number of hydrogen-bond donors (Lipinski definition) is 1. The zero-order valence-electron chi connectivity index (χ0n) is 15.3. The minimum Gasteiger partial charge on any atom is -0.331 e. The fraction of sp³-hybridized carbons (Fsp3) is 0.143. The maximum absolute atomic E-state index is 14.6. The third-order valence-corrected chi connectivity index (χ3v) is 5.12. The lowest BCUT2D eigenvalue weighted by Crippen LogP contribution is -1.95. The molecule has 0 spiro atoms. The Balaban J connectivity index is 1.58. The van der Waals surface area contributed by atoms with Gasteiger partial charge >= 0.3 is 0 Å². The van der Waals surface area contributed by atoms with Crippen molar-refractivity contribution in [3.05, 3.63) is 76.9 Å². The Morgan fingerprint density at radius 3 is 2.63 bits per heavy atom. The lowest BCUT2D eigenvalue weighted by molar-refractivity contribution is 0.618. The van der Waals surface area contributed by atoms with Gasteiger partial charge in [-0.2, -0.15) is 0 Å². The quantitative estimate of drug-likeness (QED) is 0.488. The number of imidazole rings is 1. The second kappa shape index (κ2) is 6.96. The third-order valence-electron chi connectivity index (χ3n) is 4.36. The number of hydrogen-bond acceptors (Lipinski definition) is 4. The highest BCUT2D eigenvalue weighted by atomic mass is 32.1. The summed E-state index contributed by atoms with van der Waals surface area (Å²) in [6.07, 6.45) is 3.41. The van der Waals surface area contributed by atoms with Crippen molar-refractivity contribution in [1.82, 2.24) is 14.5 Å². The number of anilines is 2. The molecule has 0 fully saturated rings. The molecule has 136 valence electrons. The molecule has 0 unspecified atom stereocenters. The van der Waals surface area contributed by atoms with Crippen LogP contribution in [0.5, 0.6) is 0 Å². The van der Waals surface area contributed by atoms with Gasteiger partial charge in [-0.1, -0.05) is 23.8 Å². The van der Waals surface area contributed by atoms with Gasteiger partial charge in [0.05, 0.1) is 23.4 Å². The molecule has 0 atom stereocenters.